The Hall–Kier alpha value is -2.79. The second kappa shape index (κ2) is 8.60. The Morgan fingerprint density at radius 2 is 1.87 bits per heavy atom. The van der Waals surface area contributed by atoms with Gasteiger partial charge in [0.05, 0.1) is 5.70 Å². The van der Waals surface area contributed by atoms with Crippen molar-refractivity contribution < 1.29 is 4.39 Å². The summed E-state index contributed by atoms with van der Waals surface area (Å²) in [5.74, 6) is 5.42. The number of nitrogens with one attached hydrogen (secondary N) is 1. The first-order chi connectivity index (χ1) is 11.0. The molecule has 5 heteroatoms. The molecule has 1 aromatic rings. The lowest BCUT2D eigenvalue weighted by Crippen LogP contribution is -2.25. The van der Waals surface area contributed by atoms with Crippen molar-refractivity contribution in [1.29, 1.82) is 0 Å². The molecule has 0 aromatic heterocycles. The van der Waals surface area contributed by atoms with Gasteiger partial charge in [-0.05, 0) is 47.7 Å². The average Bonchev–Trinajstić information content (AvgIpc) is 2.53. The summed E-state index contributed by atoms with van der Waals surface area (Å²) < 4.78 is 13.2. The fourth-order valence-corrected chi connectivity index (χ4v) is 2.05. The molecule has 4 nitrogen and oxygen atoms in total. The van der Waals surface area contributed by atoms with Gasteiger partial charge in [-0.25, -0.2) is 4.39 Å². The van der Waals surface area contributed by atoms with Gasteiger partial charge in [0.1, 0.15) is 5.82 Å². The van der Waals surface area contributed by atoms with Crippen molar-refractivity contribution >= 4 is 5.70 Å². The average molecular weight is 314 g/mol. The lowest BCUT2D eigenvalue weighted by atomic mass is 9.96. The minimum absolute atomic E-state index is 0.318. The number of nitrogens with two attached hydrogens (primary N) is 2. The summed E-state index contributed by atoms with van der Waals surface area (Å²) >= 11 is 0. The molecule has 0 unspecified atom stereocenters. The van der Waals surface area contributed by atoms with Crippen LogP contribution in [0, 0.1) is 5.82 Å². The minimum atomic E-state index is -0.318. The molecular weight excluding hydrogens is 291 g/mol. The van der Waals surface area contributed by atoms with Crippen molar-refractivity contribution in [1.82, 2.24) is 10.3 Å². The number of hydrogen-bond acceptors (Lipinski definition) is 4. The van der Waals surface area contributed by atoms with E-state index in [1.54, 1.807) is 30.4 Å². The second-order valence-electron chi connectivity index (χ2n) is 4.96. The van der Waals surface area contributed by atoms with Gasteiger partial charge in [-0.3, -0.25) is 5.84 Å². The van der Waals surface area contributed by atoms with Gasteiger partial charge in [-0.2, -0.15) is 0 Å². The lowest BCUT2D eigenvalue weighted by molar-refractivity contribution is 0.526. The van der Waals surface area contributed by atoms with Crippen molar-refractivity contribution in [2.45, 2.75) is 0 Å². The zero-order valence-electron chi connectivity index (χ0n) is 13.5. The molecule has 0 saturated carbocycles. The number of benzene rings is 1. The summed E-state index contributed by atoms with van der Waals surface area (Å²) in [6, 6.07) is 6.03. The maximum Gasteiger partial charge on any atom is 0.123 e. The highest BCUT2D eigenvalue weighted by atomic mass is 19.1. The van der Waals surface area contributed by atoms with Gasteiger partial charge in [0.15, 0.2) is 0 Å². The van der Waals surface area contributed by atoms with Gasteiger partial charge in [-0.15, -0.1) is 0 Å². The van der Waals surface area contributed by atoms with Crippen LogP contribution in [0.15, 0.2) is 78.7 Å². The molecule has 0 atom stereocenters. The van der Waals surface area contributed by atoms with Gasteiger partial charge >= 0.3 is 0 Å². The molecule has 0 aliphatic rings. The third kappa shape index (κ3) is 4.59. The summed E-state index contributed by atoms with van der Waals surface area (Å²) in [5.41, 5.74) is 11.8. The molecular formula is C18H23FN4. The number of hydrogen-bond donors (Lipinski definition) is 3. The number of likely N-dealkylation sites (N-methyl/N-ethyl adjacent to an activating group) is 1. The van der Waals surface area contributed by atoms with Crippen LogP contribution in [0.3, 0.4) is 0 Å². The highest BCUT2D eigenvalue weighted by Crippen LogP contribution is 2.29. The van der Waals surface area contributed by atoms with Crippen LogP contribution in [-0.4, -0.2) is 19.0 Å². The van der Waals surface area contributed by atoms with Gasteiger partial charge in [0.2, 0.25) is 0 Å². The predicted molar refractivity (Wildman–Crippen MR) is 95.1 cm³/mol. The Morgan fingerprint density at radius 3 is 2.30 bits per heavy atom. The maximum atomic E-state index is 13.2. The molecule has 0 heterocycles. The molecule has 0 amide bonds. The number of nitrogens with zero attached hydrogens (tertiary/aromatic N) is 1. The highest BCUT2D eigenvalue weighted by molar-refractivity contribution is 5.76. The van der Waals surface area contributed by atoms with E-state index in [9.17, 15) is 4.39 Å². The monoisotopic (exact) mass is 314 g/mol. The summed E-state index contributed by atoms with van der Waals surface area (Å²) in [6.07, 6.45) is 6.61. The van der Waals surface area contributed by atoms with Crippen molar-refractivity contribution in [2.24, 2.45) is 11.6 Å². The molecule has 23 heavy (non-hydrogen) atoms. The molecule has 1 aromatic carbocycles. The molecule has 0 aliphatic carbocycles. The summed E-state index contributed by atoms with van der Waals surface area (Å²) in [6.45, 7) is 7.82. The van der Waals surface area contributed by atoms with Crippen molar-refractivity contribution in [2.75, 3.05) is 14.1 Å². The number of halogens is 1. The summed E-state index contributed by atoms with van der Waals surface area (Å²) in [7, 11) is 3.75. The molecule has 0 spiro atoms. The van der Waals surface area contributed by atoms with Crippen LogP contribution in [0.2, 0.25) is 0 Å². The van der Waals surface area contributed by atoms with Crippen LogP contribution in [0.4, 0.5) is 4.39 Å². The van der Waals surface area contributed by atoms with Crippen LogP contribution < -0.4 is 17.0 Å². The Labute approximate surface area is 136 Å². The van der Waals surface area contributed by atoms with Crippen molar-refractivity contribution in [3.8, 4) is 0 Å². The van der Waals surface area contributed by atoms with Crippen LogP contribution in [0.1, 0.15) is 5.56 Å². The summed E-state index contributed by atoms with van der Waals surface area (Å²) in [4.78, 5) is 1.86. The molecule has 0 saturated heterocycles. The molecule has 5 N–H and O–H groups in total. The van der Waals surface area contributed by atoms with E-state index in [2.05, 4.69) is 18.6 Å². The second-order valence-corrected chi connectivity index (χ2v) is 4.96. The maximum absolute atomic E-state index is 13.2. The van der Waals surface area contributed by atoms with Gasteiger partial charge in [0, 0.05) is 25.4 Å². The van der Waals surface area contributed by atoms with Crippen molar-refractivity contribution in [3.05, 3.63) is 90.1 Å². The number of allylic oxidation sites excluding steroid dienone is 4. The highest BCUT2D eigenvalue weighted by Gasteiger charge is 2.16. The first kappa shape index (κ1) is 18.3. The molecule has 0 aliphatic heterocycles. The third-order valence-electron chi connectivity index (χ3n) is 3.22. The van der Waals surface area contributed by atoms with E-state index in [1.165, 1.54) is 18.3 Å². The van der Waals surface area contributed by atoms with Crippen LogP contribution in [0.5, 0.6) is 0 Å². The van der Waals surface area contributed by atoms with E-state index in [1.807, 2.05) is 19.0 Å². The zero-order valence-corrected chi connectivity index (χ0v) is 13.5. The van der Waals surface area contributed by atoms with Crippen LogP contribution in [0.25, 0.3) is 5.70 Å². The first-order valence-electron chi connectivity index (χ1n) is 7.01. The normalized spacial score (nSPS) is 12.8. The van der Waals surface area contributed by atoms with Crippen molar-refractivity contribution in [3.63, 3.8) is 0 Å². The standard InChI is InChI=1S/C18H23FN4/c1-5-6-14(11-12-20)17(13(2)23(3)4)18(22-21)15-7-9-16(19)10-8-15/h5-12,22H,1-2,20-21H2,3-4H3/b12-11-,14-6+,18-17+. The van der Waals surface area contributed by atoms with Gasteiger partial charge < -0.3 is 16.1 Å². The smallest absolute Gasteiger partial charge is 0.123 e. The van der Waals surface area contributed by atoms with Gasteiger partial charge in [0.25, 0.3) is 0 Å². The Balaban J connectivity index is 3.68. The number of hydrazine groups is 1. The quantitative estimate of drug-likeness (QED) is 0.411. The Morgan fingerprint density at radius 1 is 1.26 bits per heavy atom. The lowest BCUT2D eigenvalue weighted by Gasteiger charge is -2.23. The topological polar surface area (TPSA) is 67.3 Å². The fraction of sp³-hybridized carbons (Fsp3) is 0.111. The van der Waals surface area contributed by atoms with E-state index in [0.29, 0.717) is 11.4 Å². The first-order valence-corrected chi connectivity index (χ1v) is 7.01. The fourth-order valence-electron chi connectivity index (χ4n) is 2.05. The minimum Gasteiger partial charge on any atom is -0.405 e. The SMILES string of the molecule is C=C/C=C(\C=C/N)C(/C(=C)N(C)C)=C(/NN)c1ccc(F)cc1. The van der Waals surface area contributed by atoms with E-state index >= 15 is 0 Å². The van der Waals surface area contributed by atoms with Crippen LogP contribution >= 0.6 is 0 Å². The Kier molecular flexibility index (Phi) is 6.83. The molecule has 122 valence electrons. The number of rotatable bonds is 7. The summed E-state index contributed by atoms with van der Waals surface area (Å²) in [5, 5.41) is 0. The zero-order chi connectivity index (χ0) is 17.4. The third-order valence-corrected chi connectivity index (χ3v) is 3.22. The van der Waals surface area contributed by atoms with E-state index in [4.69, 9.17) is 11.6 Å². The molecule has 1 rings (SSSR count). The van der Waals surface area contributed by atoms with E-state index in [-0.39, 0.29) is 5.82 Å². The molecule has 0 radical (unpaired) electrons. The van der Waals surface area contributed by atoms with E-state index < -0.39 is 0 Å². The molecule has 0 bridgehead atoms. The Bertz CT molecular complexity index is 652. The van der Waals surface area contributed by atoms with Gasteiger partial charge in [-0.1, -0.05) is 25.3 Å². The largest absolute Gasteiger partial charge is 0.405 e. The van der Waals surface area contributed by atoms with E-state index in [0.717, 1.165) is 16.7 Å². The molecule has 0 fully saturated rings. The van der Waals surface area contributed by atoms with Crippen LogP contribution in [-0.2, 0) is 0 Å². The predicted octanol–water partition coefficient (Wildman–Crippen LogP) is 2.66.